The van der Waals surface area contributed by atoms with Gasteiger partial charge in [-0.2, -0.15) is 57.1 Å². The van der Waals surface area contributed by atoms with Crippen molar-refractivity contribution in [2.75, 3.05) is 0 Å². The van der Waals surface area contributed by atoms with Gasteiger partial charge in [0.2, 0.25) is 0 Å². The quantitative estimate of drug-likeness (QED) is 0.285. The Balaban J connectivity index is 2.75. The minimum Gasteiger partial charge on any atom is -0.384 e. The highest BCUT2D eigenvalue weighted by atomic mass is 19.4. The molecule has 0 bridgehead atoms. The second kappa shape index (κ2) is 10.1. The summed E-state index contributed by atoms with van der Waals surface area (Å²) in [6, 6.07) is 11.3. The molecule has 40 heavy (non-hydrogen) atoms. The number of rotatable bonds is 9. The highest BCUT2D eigenvalue weighted by Crippen LogP contribution is 2.62. The Hall–Kier alpha value is -2.51. The van der Waals surface area contributed by atoms with E-state index in [2.05, 4.69) is 0 Å². The van der Waals surface area contributed by atoms with Crippen molar-refractivity contribution in [1.29, 1.82) is 0 Å². The molecule has 14 heteroatoms. The van der Waals surface area contributed by atoms with E-state index < -0.39 is 64.7 Å². The third kappa shape index (κ3) is 5.39. The van der Waals surface area contributed by atoms with Gasteiger partial charge >= 0.3 is 35.8 Å². The normalized spacial score (nSPS) is 16.9. The summed E-state index contributed by atoms with van der Waals surface area (Å²) in [6.07, 6.45) is -10.3. The van der Waals surface area contributed by atoms with E-state index in [0.717, 1.165) is 19.1 Å². The topological polar surface area (TPSA) is 20.2 Å². The van der Waals surface area contributed by atoms with Crippen LogP contribution in [0.2, 0.25) is 0 Å². The number of hydrogen-bond donors (Lipinski definition) is 1. The molecule has 0 aliphatic heterocycles. The fourth-order valence-corrected chi connectivity index (χ4v) is 4.03. The van der Waals surface area contributed by atoms with Crippen LogP contribution in [0.4, 0.5) is 57.1 Å². The number of aliphatic hydroxyl groups is 1. The molecular formula is C26H25F13O. The van der Waals surface area contributed by atoms with Gasteiger partial charge in [0.1, 0.15) is 5.60 Å². The largest absolute Gasteiger partial charge is 0.460 e. The average Bonchev–Trinajstić information content (AvgIpc) is 2.82. The Morgan fingerprint density at radius 1 is 0.600 bits per heavy atom. The van der Waals surface area contributed by atoms with Crippen molar-refractivity contribution in [3.63, 3.8) is 0 Å². The molecule has 0 heterocycles. The highest BCUT2D eigenvalue weighted by Gasteiger charge is 2.90. The molecule has 2 atom stereocenters. The Bertz CT molecular complexity index is 1170. The van der Waals surface area contributed by atoms with Gasteiger partial charge in [-0.3, -0.25) is 0 Å². The summed E-state index contributed by atoms with van der Waals surface area (Å²) in [5.74, 6) is -39.4. The first-order valence-electron chi connectivity index (χ1n) is 11.5. The average molecular weight is 600 g/mol. The zero-order valence-electron chi connectivity index (χ0n) is 21.3. The van der Waals surface area contributed by atoms with Gasteiger partial charge in [0.25, 0.3) is 0 Å². The van der Waals surface area contributed by atoms with Gasteiger partial charge in [0.05, 0.1) is 6.42 Å². The van der Waals surface area contributed by atoms with E-state index in [9.17, 15) is 53.4 Å². The van der Waals surface area contributed by atoms with E-state index in [1.165, 1.54) is 42.5 Å². The summed E-state index contributed by atoms with van der Waals surface area (Å²) in [6.45, 7) is 5.94. The first kappa shape index (κ1) is 33.7. The van der Waals surface area contributed by atoms with Gasteiger partial charge in [0, 0.05) is 5.92 Å². The van der Waals surface area contributed by atoms with Crippen LogP contribution in [0.25, 0.3) is 0 Å². The van der Waals surface area contributed by atoms with Crippen molar-refractivity contribution in [2.24, 2.45) is 0 Å². The monoisotopic (exact) mass is 600 g/mol. The third-order valence-corrected chi connectivity index (χ3v) is 6.73. The number of alkyl halides is 13. The Morgan fingerprint density at radius 2 is 1.05 bits per heavy atom. The van der Waals surface area contributed by atoms with Crippen molar-refractivity contribution in [1.82, 2.24) is 0 Å². The summed E-state index contributed by atoms with van der Waals surface area (Å²) in [5, 5.41) is 11.5. The van der Waals surface area contributed by atoms with Crippen LogP contribution in [0, 0.1) is 0 Å². The van der Waals surface area contributed by atoms with E-state index in [1.54, 1.807) is 20.8 Å². The van der Waals surface area contributed by atoms with Gasteiger partial charge in [0.15, 0.2) is 0 Å². The molecule has 0 amide bonds. The number of halogens is 13. The summed E-state index contributed by atoms with van der Waals surface area (Å²) in [5.41, 5.74) is -4.22. The zero-order chi connectivity index (χ0) is 31.4. The van der Waals surface area contributed by atoms with Gasteiger partial charge in [-0.15, -0.1) is 0 Å². The Labute approximate surface area is 221 Å². The summed E-state index contributed by atoms with van der Waals surface area (Å²) in [7, 11) is 0. The van der Waals surface area contributed by atoms with Crippen molar-refractivity contribution in [2.45, 2.75) is 86.8 Å². The van der Waals surface area contributed by atoms with E-state index in [0.29, 0.717) is 5.56 Å². The van der Waals surface area contributed by atoms with Crippen LogP contribution >= 0.6 is 0 Å². The van der Waals surface area contributed by atoms with Crippen molar-refractivity contribution in [3.8, 4) is 0 Å². The molecule has 2 unspecified atom stereocenters. The lowest BCUT2D eigenvalue weighted by molar-refractivity contribution is -0.441. The molecule has 226 valence electrons. The lowest BCUT2D eigenvalue weighted by Gasteiger charge is -2.43. The van der Waals surface area contributed by atoms with Gasteiger partial charge in [-0.1, -0.05) is 82.3 Å². The lowest BCUT2D eigenvalue weighted by atomic mass is 9.72. The molecule has 0 aliphatic rings. The first-order chi connectivity index (χ1) is 17.7. The number of hydrogen-bond acceptors (Lipinski definition) is 1. The number of benzene rings is 2. The standard InChI is InChI=1S/C26H25F13O/c1-15(16-9-6-5-7-10-16)20(40,18-12-8-11-17(13-18)19(2,3)4)14-21(27,28)22(29,30)23(31,32)24(33,34)25(35,36)26(37,38)39/h5-13,15,40H,14H2,1-4H3. The minimum atomic E-state index is -8.01. The molecule has 2 aromatic rings. The van der Waals surface area contributed by atoms with E-state index in [-0.39, 0.29) is 5.56 Å². The fraction of sp³-hybridized carbons (Fsp3) is 0.538. The van der Waals surface area contributed by atoms with Gasteiger partial charge in [-0.25, -0.2) is 0 Å². The van der Waals surface area contributed by atoms with Crippen molar-refractivity contribution in [3.05, 3.63) is 71.3 Å². The van der Waals surface area contributed by atoms with Crippen LogP contribution in [-0.4, -0.2) is 40.9 Å². The Morgan fingerprint density at radius 3 is 1.50 bits per heavy atom. The lowest BCUT2D eigenvalue weighted by Crippen LogP contribution is -2.70. The smallest absolute Gasteiger partial charge is 0.384 e. The van der Waals surface area contributed by atoms with Gasteiger partial charge in [-0.05, 0) is 22.1 Å². The minimum absolute atomic E-state index is 0.00836. The van der Waals surface area contributed by atoms with Crippen molar-refractivity contribution < 1.29 is 62.2 Å². The summed E-state index contributed by atoms with van der Waals surface area (Å²) < 4.78 is 179. The van der Waals surface area contributed by atoms with Crippen LogP contribution in [0.3, 0.4) is 0 Å². The molecule has 1 nitrogen and oxygen atoms in total. The second-order valence-corrected chi connectivity index (χ2v) is 10.6. The highest BCUT2D eigenvalue weighted by molar-refractivity contribution is 5.36. The van der Waals surface area contributed by atoms with E-state index in [1.807, 2.05) is 0 Å². The van der Waals surface area contributed by atoms with Crippen LogP contribution < -0.4 is 0 Å². The van der Waals surface area contributed by atoms with Crippen LogP contribution in [0.15, 0.2) is 54.6 Å². The Kier molecular flexibility index (Phi) is 8.50. The molecule has 2 rings (SSSR count). The maximum absolute atomic E-state index is 15.1. The first-order valence-corrected chi connectivity index (χ1v) is 11.5. The molecule has 0 saturated carbocycles. The SMILES string of the molecule is CC(c1ccccc1)C(O)(CC(F)(F)C(F)(F)C(F)(F)C(F)(F)C(F)(F)C(F)(F)F)c1cccc(C(C)(C)C)c1. The molecule has 0 fully saturated rings. The predicted octanol–water partition coefficient (Wildman–Crippen LogP) is 9.10. The van der Waals surface area contributed by atoms with Crippen LogP contribution in [0.5, 0.6) is 0 Å². The maximum atomic E-state index is 15.1. The van der Waals surface area contributed by atoms with Gasteiger partial charge < -0.3 is 5.11 Å². The van der Waals surface area contributed by atoms with E-state index >= 15 is 8.78 Å². The molecule has 0 aliphatic carbocycles. The second-order valence-electron chi connectivity index (χ2n) is 10.6. The molecular weight excluding hydrogens is 575 g/mol. The van der Waals surface area contributed by atoms with Crippen molar-refractivity contribution >= 4 is 0 Å². The molecule has 1 N–H and O–H groups in total. The summed E-state index contributed by atoms with van der Waals surface area (Å²) >= 11 is 0. The maximum Gasteiger partial charge on any atom is 0.460 e. The summed E-state index contributed by atoms with van der Waals surface area (Å²) in [4.78, 5) is 0. The molecule has 0 saturated heterocycles. The molecule has 0 aromatic heterocycles. The molecule has 0 radical (unpaired) electrons. The van der Waals surface area contributed by atoms with Crippen LogP contribution in [0.1, 0.15) is 56.7 Å². The zero-order valence-corrected chi connectivity index (χ0v) is 21.3. The van der Waals surface area contributed by atoms with Crippen LogP contribution in [-0.2, 0) is 11.0 Å². The fourth-order valence-electron chi connectivity index (χ4n) is 4.03. The molecule has 2 aromatic carbocycles. The molecule has 0 spiro atoms. The predicted molar refractivity (Wildman–Crippen MR) is 119 cm³/mol. The van der Waals surface area contributed by atoms with E-state index in [4.69, 9.17) is 0 Å². The third-order valence-electron chi connectivity index (χ3n) is 6.73.